The molecule has 0 spiro atoms. The van der Waals surface area contributed by atoms with Gasteiger partial charge in [0.2, 0.25) is 6.41 Å². The second-order valence-electron chi connectivity index (χ2n) is 2.48. The van der Waals surface area contributed by atoms with E-state index < -0.39 is 0 Å². The van der Waals surface area contributed by atoms with Crippen molar-refractivity contribution in [2.45, 2.75) is 6.92 Å². The first-order valence-corrected chi connectivity index (χ1v) is 4.45. The molecule has 1 aromatic carbocycles. The van der Waals surface area contributed by atoms with Crippen molar-refractivity contribution < 1.29 is 9.59 Å². The summed E-state index contributed by atoms with van der Waals surface area (Å²) in [4.78, 5) is 21.4. The molecule has 0 saturated carbocycles. The molecule has 3 nitrogen and oxygen atoms in total. The Morgan fingerprint density at radius 2 is 2.23 bits per heavy atom. The van der Waals surface area contributed by atoms with Gasteiger partial charge in [-0.05, 0) is 35.0 Å². The smallest absolute Gasteiger partial charge is 0.211 e. The molecule has 68 valence electrons. The number of carbonyl (C=O) groups is 2. The molecule has 0 fully saturated rings. The maximum atomic E-state index is 11.1. The van der Waals surface area contributed by atoms with Gasteiger partial charge in [0.05, 0.1) is 5.69 Å². The lowest BCUT2D eigenvalue weighted by Crippen LogP contribution is -2.03. The molecular formula is C9H8BrNO2. The van der Waals surface area contributed by atoms with Crippen LogP contribution in [0.4, 0.5) is 5.69 Å². The maximum Gasteiger partial charge on any atom is 0.211 e. The summed E-state index contributed by atoms with van der Waals surface area (Å²) in [5.74, 6) is -0.0781. The third-order valence-corrected chi connectivity index (χ3v) is 2.26. The number of benzene rings is 1. The third-order valence-electron chi connectivity index (χ3n) is 1.60. The number of anilines is 1. The highest BCUT2D eigenvalue weighted by atomic mass is 79.9. The highest BCUT2D eigenvalue weighted by Crippen LogP contribution is 2.26. The minimum Gasteiger partial charge on any atom is -0.327 e. The van der Waals surface area contributed by atoms with E-state index in [1.54, 1.807) is 18.2 Å². The molecule has 0 atom stereocenters. The first-order valence-electron chi connectivity index (χ1n) is 3.66. The summed E-state index contributed by atoms with van der Waals surface area (Å²) in [6.45, 7) is 1.46. The van der Waals surface area contributed by atoms with E-state index in [9.17, 15) is 9.59 Å². The predicted octanol–water partition coefficient (Wildman–Crippen LogP) is 2.22. The van der Waals surface area contributed by atoms with Crippen molar-refractivity contribution in [3.63, 3.8) is 0 Å². The van der Waals surface area contributed by atoms with Crippen molar-refractivity contribution in [1.82, 2.24) is 0 Å². The lowest BCUT2D eigenvalue weighted by Gasteiger charge is -2.06. The van der Waals surface area contributed by atoms with Gasteiger partial charge in [-0.2, -0.15) is 0 Å². The number of hydrogen-bond acceptors (Lipinski definition) is 2. The highest BCUT2D eigenvalue weighted by molar-refractivity contribution is 9.10. The fourth-order valence-electron chi connectivity index (χ4n) is 1.02. The zero-order valence-electron chi connectivity index (χ0n) is 7.00. The number of ketones is 1. The fourth-order valence-corrected chi connectivity index (χ4v) is 1.50. The number of hydrogen-bond donors (Lipinski definition) is 1. The normalized spacial score (nSPS) is 9.38. The average Bonchev–Trinajstić information content (AvgIpc) is 2.08. The molecule has 0 aliphatic heterocycles. The maximum absolute atomic E-state index is 11.1. The van der Waals surface area contributed by atoms with Gasteiger partial charge < -0.3 is 5.32 Å². The van der Waals surface area contributed by atoms with E-state index >= 15 is 0 Å². The molecule has 0 saturated heterocycles. The summed E-state index contributed by atoms with van der Waals surface area (Å²) in [6, 6.07) is 5.17. The number of para-hydroxylation sites is 1. The van der Waals surface area contributed by atoms with Crippen LogP contribution < -0.4 is 5.32 Å². The predicted molar refractivity (Wildman–Crippen MR) is 53.8 cm³/mol. The van der Waals surface area contributed by atoms with Gasteiger partial charge in [-0.25, -0.2) is 0 Å². The molecule has 1 aromatic rings. The average molecular weight is 242 g/mol. The fraction of sp³-hybridized carbons (Fsp3) is 0.111. The van der Waals surface area contributed by atoms with Crippen LogP contribution in [0.1, 0.15) is 17.3 Å². The monoisotopic (exact) mass is 241 g/mol. The summed E-state index contributed by atoms with van der Waals surface area (Å²) < 4.78 is 0.701. The Hall–Kier alpha value is -1.16. The van der Waals surface area contributed by atoms with Gasteiger partial charge in [-0.3, -0.25) is 9.59 Å². The molecule has 4 heteroatoms. The minimum absolute atomic E-state index is 0.0781. The Morgan fingerprint density at radius 1 is 1.54 bits per heavy atom. The Kier molecular flexibility index (Phi) is 3.19. The Bertz CT molecular complexity index is 349. The van der Waals surface area contributed by atoms with E-state index in [0.29, 0.717) is 22.1 Å². The van der Waals surface area contributed by atoms with E-state index in [1.807, 2.05) is 0 Å². The highest BCUT2D eigenvalue weighted by Gasteiger charge is 2.08. The Morgan fingerprint density at radius 3 is 2.77 bits per heavy atom. The van der Waals surface area contributed by atoms with Crippen LogP contribution >= 0.6 is 15.9 Å². The van der Waals surface area contributed by atoms with Crippen molar-refractivity contribution in [3.05, 3.63) is 28.2 Å². The standard InChI is InChI=1S/C9H8BrNO2/c1-6(13)7-3-2-4-8(10)9(7)11-5-12/h2-5H,1H3,(H,11,12). The molecule has 0 radical (unpaired) electrons. The summed E-state index contributed by atoms with van der Waals surface area (Å²) in [5.41, 5.74) is 1.02. The Balaban J connectivity index is 3.24. The number of amides is 1. The zero-order valence-corrected chi connectivity index (χ0v) is 8.59. The third kappa shape index (κ3) is 2.15. The number of nitrogens with one attached hydrogen (secondary N) is 1. The van der Waals surface area contributed by atoms with E-state index in [2.05, 4.69) is 21.2 Å². The van der Waals surface area contributed by atoms with Crippen LogP contribution in [-0.2, 0) is 4.79 Å². The summed E-state index contributed by atoms with van der Waals surface area (Å²) >= 11 is 3.24. The molecular weight excluding hydrogens is 234 g/mol. The van der Waals surface area contributed by atoms with E-state index in [-0.39, 0.29) is 5.78 Å². The number of rotatable bonds is 3. The molecule has 0 aromatic heterocycles. The van der Waals surface area contributed by atoms with Gasteiger partial charge in [-0.15, -0.1) is 0 Å². The van der Waals surface area contributed by atoms with Crippen LogP contribution in [0.3, 0.4) is 0 Å². The van der Waals surface area contributed by atoms with Crippen molar-refractivity contribution in [2.24, 2.45) is 0 Å². The van der Waals surface area contributed by atoms with Gasteiger partial charge in [0.25, 0.3) is 0 Å². The van der Waals surface area contributed by atoms with Crippen molar-refractivity contribution in [2.75, 3.05) is 5.32 Å². The van der Waals surface area contributed by atoms with Crippen LogP contribution in [0.15, 0.2) is 22.7 Å². The van der Waals surface area contributed by atoms with E-state index in [4.69, 9.17) is 0 Å². The lowest BCUT2D eigenvalue weighted by atomic mass is 10.1. The number of Topliss-reactive ketones (excluding diaryl/α,β-unsaturated/α-hetero) is 1. The Labute approximate surface area is 84.3 Å². The second-order valence-corrected chi connectivity index (χ2v) is 3.34. The number of carbonyl (C=O) groups excluding carboxylic acids is 2. The number of halogens is 1. The van der Waals surface area contributed by atoms with Crippen molar-refractivity contribution >= 4 is 33.8 Å². The molecule has 0 aliphatic rings. The first-order chi connectivity index (χ1) is 6.16. The van der Waals surface area contributed by atoms with Crippen LogP contribution in [0, 0.1) is 0 Å². The van der Waals surface area contributed by atoms with Crippen LogP contribution in [0.2, 0.25) is 0 Å². The quantitative estimate of drug-likeness (QED) is 0.652. The van der Waals surface area contributed by atoms with Crippen molar-refractivity contribution in [3.8, 4) is 0 Å². The van der Waals surface area contributed by atoms with Gasteiger partial charge in [0.15, 0.2) is 5.78 Å². The SMILES string of the molecule is CC(=O)c1cccc(Br)c1NC=O. The molecule has 13 heavy (non-hydrogen) atoms. The minimum atomic E-state index is -0.0781. The van der Waals surface area contributed by atoms with Crippen molar-refractivity contribution in [1.29, 1.82) is 0 Å². The molecule has 1 rings (SSSR count). The van der Waals surface area contributed by atoms with E-state index in [1.165, 1.54) is 6.92 Å². The molecule has 0 unspecified atom stereocenters. The molecule has 1 amide bonds. The van der Waals surface area contributed by atoms with Crippen LogP contribution in [0.5, 0.6) is 0 Å². The molecule has 0 aliphatic carbocycles. The molecule has 1 N–H and O–H groups in total. The summed E-state index contributed by atoms with van der Waals surface area (Å²) in [6.07, 6.45) is 0.548. The van der Waals surface area contributed by atoms with Crippen LogP contribution in [0.25, 0.3) is 0 Å². The molecule has 0 heterocycles. The van der Waals surface area contributed by atoms with Gasteiger partial charge >= 0.3 is 0 Å². The molecule has 0 bridgehead atoms. The van der Waals surface area contributed by atoms with Crippen LogP contribution in [-0.4, -0.2) is 12.2 Å². The first kappa shape index (κ1) is 9.92. The van der Waals surface area contributed by atoms with Gasteiger partial charge in [-0.1, -0.05) is 6.07 Å². The second kappa shape index (κ2) is 4.18. The summed E-state index contributed by atoms with van der Waals surface area (Å²) in [7, 11) is 0. The summed E-state index contributed by atoms with van der Waals surface area (Å²) in [5, 5.41) is 2.48. The van der Waals surface area contributed by atoms with Gasteiger partial charge in [0, 0.05) is 10.0 Å². The zero-order chi connectivity index (χ0) is 9.84. The van der Waals surface area contributed by atoms with E-state index in [0.717, 1.165) is 0 Å². The topological polar surface area (TPSA) is 46.2 Å². The largest absolute Gasteiger partial charge is 0.327 e. The van der Waals surface area contributed by atoms with Gasteiger partial charge in [0.1, 0.15) is 0 Å². The lowest BCUT2D eigenvalue weighted by molar-refractivity contribution is -0.105.